The zero-order valence-corrected chi connectivity index (χ0v) is 21.5. The highest BCUT2D eigenvalue weighted by Crippen LogP contribution is 2.31. The summed E-state index contributed by atoms with van der Waals surface area (Å²) in [6.45, 7) is 11.9. The monoisotopic (exact) mass is 489 g/mol. The molecule has 2 aromatic heterocycles. The Morgan fingerprint density at radius 2 is 1.94 bits per heavy atom. The van der Waals surface area contributed by atoms with Crippen LogP contribution in [-0.4, -0.2) is 57.7 Å². The Morgan fingerprint density at radius 3 is 2.58 bits per heavy atom. The van der Waals surface area contributed by atoms with Crippen LogP contribution in [0.1, 0.15) is 39.1 Å². The smallest absolute Gasteiger partial charge is 0.230 e. The van der Waals surface area contributed by atoms with Crippen LogP contribution >= 0.6 is 22.9 Å². The number of carbonyl (C=O) groups excluding carboxylic acids is 1. The molecule has 0 aliphatic heterocycles. The van der Waals surface area contributed by atoms with E-state index in [4.69, 9.17) is 9.47 Å². The third-order valence-electron chi connectivity index (χ3n) is 5.12. The third kappa shape index (κ3) is 6.72. The number of thiazole rings is 1. The summed E-state index contributed by atoms with van der Waals surface area (Å²) in [6.07, 6.45) is 0.182. The van der Waals surface area contributed by atoms with Crippen LogP contribution < -0.4 is 14.8 Å². The predicted molar refractivity (Wildman–Crippen MR) is 134 cm³/mol. The van der Waals surface area contributed by atoms with Gasteiger partial charge < -0.3 is 14.8 Å². The van der Waals surface area contributed by atoms with E-state index in [9.17, 15) is 4.79 Å². The van der Waals surface area contributed by atoms with Crippen LogP contribution in [0.4, 0.5) is 5.69 Å². The fraction of sp³-hybridized carbons (Fsp3) is 0.478. The summed E-state index contributed by atoms with van der Waals surface area (Å²) in [6, 6.07) is 6.27. The van der Waals surface area contributed by atoms with E-state index in [-0.39, 0.29) is 12.3 Å². The van der Waals surface area contributed by atoms with Crippen molar-refractivity contribution in [3.8, 4) is 21.4 Å². The lowest BCUT2D eigenvalue weighted by molar-refractivity contribution is -0.115. The molecule has 1 amide bonds. The lowest BCUT2D eigenvalue weighted by Crippen LogP contribution is -2.39. The Kier molecular flexibility index (Phi) is 8.76. The molecule has 0 aliphatic carbocycles. The van der Waals surface area contributed by atoms with Gasteiger partial charge in [0, 0.05) is 35.8 Å². The maximum absolute atomic E-state index is 12.6. The van der Waals surface area contributed by atoms with E-state index in [2.05, 4.69) is 52.5 Å². The molecule has 2 heterocycles. The molecular formula is C23H31N5O3S2. The molecule has 3 aromatic rings. The minimum absolute atomic E-state index is 0.145. The Morgan fingerprint density at radius 1 is 1.18 bits per heavy atom. The lowest BCUT2D eigenvalue weighted by Gasteiger charge is -2.30. The van der Waals surface area contributed by atoms with Crippen molar-refractivity contribution >= 4 is 34.5 Å². The number of nitrogens with one attached hydrogen (secondary N) is 1. The van der Waals surface area contributed by atoms with Crippen molar-refractivity contribution in [2.75, 3.05) is 25.6 Å². The molecular weight excluding hydrogens is 458 g/mol. The molecule has 33 heavy (non-hydrogen) atoms. The van der Waals surface area contributed by atoms with Crippen LogP contribution in [0, 0.1) is 6.92 Å². The number of aryl methyl sites for hydroxylation is 1. The standard InChI is InChI=1S/C23H31N5O3S2/c1-14(2)28(15(3)4)9-10-31-20-11-17(7-8-19(20)30-6)24-21(29)12-18-13-32-23(25-18)22-16(5)26-27-33-22/h7-8,11,13-15H,9-10,12H2,1-6H3,(H,24,29). The number of hydrogen-bond donors (Lipinski definition) is 1. The number of anilines is 1. The topological polar surface area (TPSA) is 89.5 Å². The first-order chi connectivity index (χ1) is 15.8. The van der Waals surface area contributed by atoms with E-state index in [0.717, 1.165) is 22.1 Å². The van der Waals surface area contributed by atoms with Gasteiger partial charge in [0.15, 0.2) is 11.5 Å². The normalized spacial score (nSPS) is 11.4. The van der Waals surface area contributed by atoms with Crippen molar-refractivity contribution in [3.05, 3.63) is 35.0 Å². The quantitative estimate of drug-likeness (QED) is 0.419. The number of aromatic nitrogens is 3. The van der Waals surface area contributed by atoms with Crippen molar-refractivity contribution in [2.24, 2.45) is 0 Å². The number of hydrogen-bond acceptors (Lipinski definition) is 9. The molecule has 0 atom stereocenters. The van der Waals surface area contributed by atoms with Gasteiger partial charge in [-0.1, -0.05) is 4.49 Å². The van der Waals surface area contributed by atoms with Crippen molar-refractivity contribution in [2.45, 2.75) is 53.1 Å². The van der Waals surface area contributed by atoms with E-state index < -0.39 is 0 Å². The number of benzene rings is 1. The van der Waals surface area contributed by atoms with E-state index in [0.29, 0.717) is 41.6 Å². The first-order valence-corrected chi connectivity index (χ1v) is 12.5. The average Bonchev–Trinajstić information content (AvgIpc) is 3.39. The Hall–Kier alpha value is -2.56. The summed E-state index contributed by atoms with van der Waals surface area (Å²) in [5.74, 6) is 1.09. The van der Waals surface area contributed by atoms with Gasteiger partial charge >= 0.3 is 0 Å². The molecule has 0 radical (unpaired) electrons. The lowest BCUT2D eigenvalue weighted by atomic mass is 10.2. The molecule has 0 aliphatic rings. The van der Waals surface area contributed by atoms with Gasteiger partial charge in [-0.3, -0.25) is 9.69 Å². The van der Waals surface area contributed by atoms with Gasteiger partial charge in [-0.2, -0.15) is 0 Å². The summed E-state index contributed by atoms with van der Waals surface area (Å²) >= 11 is 2.80. The van der Waals surface area contributed by atoms with Crippen LogP contribution in [0.15, 0.2) is 23.6 Å². The van der Waals surface area contributed by atoms with Crippen LogP contribution in [0.25, 0.3) is 9.88 Å². The van der Waals surface area contributed by atoms with Crippen molar-refractivity contribution in [1.82, 2.24) is 19.5 Å². The number of amides is 1. The molecule has 178 valence electrons. The molecule has 3 rings (SSSR count). The minimum atomic E-state index is -0.145. The molecule has 0 spiro atoms. The third-order valence-corrected chi connectivity index (χ3v) is 6.99. The highest BCUT2D eigenvalue weighted by molar-refractivity contribution is 7.18. The van der Waals surface area contributed by atoms with Gasteiger partial charge in [0.05, 0.1) is 24.9 Å². The highest BCUT2D eigenvalue weighted by Gasteiger charge is 2.16. The van der Waals surface area contributed by atoms with Crippen LogP contribution in [0.3, 0.4) is 0 Å². The molecule has 0 fully saturated rings. The van der Waals surface area contributed by atoms with E-state index >= 15 is 0 Å². The summed E-state index contributed by atoms with van der Waals surface area (Å²) in [5.41, 5.74) is 2.21. The Labute approximate surface area is 203 Å². The van der Waals surface area contributed by atoms with E-state index in [1.807, 2.05) is 12.3 Å². The maximum atomic E-state index is 12.6. The number of rotatable bonds is 11. The number of carbonyl (C=O) groups is 1. The van der Waals surface area contributed by atoms with Crippen LogP contribution in [0.2, 0.25) is 0 Å². The van der Waals surface area contributed by atoms with Gasteiger partial charge in [-0.05, 0) is 58.3 Å². The molecule has 0 bridgehead atoms. The zero-order chi connectivity index (χ0) is 24.0. The number of ether oxygens (including phenoxy) is 2. The Bertz CT molecular complexity index is 1060. The molecule has 1 aromatic carbocycles. The molecule has 8 nitrogen and oxygen atoms in total. The van der Waals surface area contributed by atoms with Crippen LogP contribution in [-0.2, 0) is 11.2 Å². The van der Waals surface area contributed by atoms with Crippen molar-refractivity contribution < 1.29 is 14.3 Å². The average molecular weight is 490 g/mol. The van der Waals surface area contributed by atoms with Crippen molar-refractivity contribution in [1.29, 1.82) is 0 Å². The SMILES string of the molecule is COc1ccc(NC(=O)Cc2csc(-c3snnc3C)n2)cc1OCCN(C(C)C)C(C)C. The second kappa shape index (κ2) is 11.5. The first kappa shape index (κ1) is 25.1. The molecule has 0 unspecified atom stereocenters. The number of methoxy groups -OCH3 is 1. The molecule has 10 heteroatoms. The summed E-state index contributed by atoms with van der Waals surface area (Å²) < 4.78 is 15.4. The molecule has 0 saturated heterocycles. The fourth-order valence-electron chi connectivity index (χ4n) is 3.53. The second-order valence-electron chi connectivity index (χ2n) is 8.20. The largest absolute Gasteiger partial charge is 0.493 e. The van der Waals surface area contributed by atoms with Gasteiger partial charge in [-0.15, -0.1) is 16.4 Å². The fourth-order valence-corrected chi connectivity index (χ4v) is 5.14. The van der Waals surface area contributed by atoms with Gasteiger partial charge in [0.1, 0.15) is 16.5 Å². The first-order valence-electron chi connectivity index (χ1n) is 10.9. The zero-order valence-electron chi connectivity index (χ0n) is 19.9. The summed E-state index contributed by atoms with van der Waals surface area (Å²) in [7, 11) is 1.61. The molecule has 0 saturated carbocycles. The minimum Gasteiger partial charge on any atom is -0.493 e. The molecule has 1 N–H and O–H groups in total. The van der Waals surface area contributed by atoms with Crippen LogP contribution in [0.5, 0.6) is 11.5 Å². The summed E-state index contributed by atoms with van der Waals surface area (Å²) in [4.78, 5) is 20.5. The van der Waals surface area contributed by atoms with Gasteiger partial charge in [-0.25, -0.2) is 4.98 Å². The Balaban J connectivity index is 1.61. The van der Waals surface area contributed by atoms with Gasteiger partial charge in [0.25, 0.3) is 0 Å². The van der Waals surface area contributed by atoms with E-state index in [1.54, 1.807) is 25.3 Å². The summed E-state index contributed by atoms with van der Waals surface area (Å²) in [5, 5.41) is 9.68. The van der Waals surface area contributed by atoms with Gasteiger partial charge in [0.2, 0.25) is 5.91 Å². The maximum Gasteiger partial charge on any atom is 0.230 e. The van der Waals surface area contributed by atoms with Crippen molar-refractivity contribution in [3.63, 3.8) is 0 Å². The highest BCUT2D eigenvalue weighted by atomic mass is 32.1. The second-order valence-corrected chi connectivity index (χ2v) is 9.81. The number of nitrogens with zero attached hydrogens (tertiary/aromatic N) is 4. The predicted octanol–water partition coefficient (Wildman–Crippen LogP) is 4.66. The van der Waals surface area contributed by atoms with E-state index in [1.165, 1.54) is 22.9 Å².